The van der Waals surface area contributed by atoms with Crippen LogP contribution in [-0.4, -0.2) is 31.3 Å². The van der Waals surface area contributed by atoms with Crippen molar-refractivity contribution in [1.29, 1.82) is 0 Å². The lowest BCUT2D eigenvalue weighted by Gasteiger charge is -2.08. The maximum absolute atomic E-state index is 12.4. The number of benzene rings is 3. The largest absolute Gasteiger partial charge is 0.513 e. The zero-order valence-electron chi connectivity index (χ0n) is 19.0. The molecule has 0 aromatic heterocycles. The summed E-state index contributed by atoms with van der Waals surface area (Å²) >= 11 is 0. The number of nitrogen functional groups attached to an aromatic ring is 1. The van der Waals surface area contributed by atoms with E-state index in [-0.39, 0.29) is 19.0 Å². The normalized spacial score (nSPS) is 10.2. The molecule has 0 radical (unpaired) electrons. The van der Waals surface area contributed by atoms with Gasteiger partial charge in [-0.1, -0.05) is 30.8 Å². The smallest absolute Gasteiger partial charge is 0.463 e. The second kappa shape index (κ2) is 12.6. The number of anilines is 1. The molecular weight excluding hydrogens is 450 g/mol. The summed E-state index contributed by atoms with van der Waals surface area (Å²) in [5, 5.41) is 0. The number of nitrogens with two attached hydrogens (primary N) is 1. The molecule has 0 aliphatic carbocycles. The molecule has 0 amide bonds. The zero-order chi connectivity index (χ0) is 25.0. The standard InChI is InChI=1S/C27H25NO7/c1-2-25(29)32-17-3-4-18-33-27(31)35-24-15-9-21(10-16-24)26(30)34-23-13-7-20(8-14-23)19-5-11-22(28)12-6-19/h2,5-16H,1,3-4,17-18,28H2. The Bertz CT molecular complexity index is 1150. The highest BCUT2D eigenvalue weighted by Crippen LogP contribution is 2.24. The Morgan fingerprint density at radius 1 is 0.714 bits per heavy atom. The van der Waals surface area contributed by atoms with Gasteiger partial charge in [0.25, 0.3) is 0 Å². The van der Waals surface area contributed by atoms with Gasteiger partial charge in [-0.25, -0.2) is 14.4 Å². The quantitative estimate of drug-likeness (QED) is 0.107. The molecule has 0 saturated carbocycles. The molecule has 0 saturated heterocycles. The first-order valence-corrected chi connectivity index (χ1v) is 10.9. The van der Waals surface area contributed by atoms with Crippen LogP contribution >= 0.6 is 0 Å². The molecule has 180 valence electrons. The second-order valence-electron chi connectivity index (χ2n) is 7.34. The van der Waals surface area contributed by atoms with Crippen LogP contribution in [0.1, 0.15) is 23.2 Å². The van der Waals surface area contributed by atoms with Crippen molar-refractivity contribution in [1.82, 2.24) is 0 Å². The van der Waals surface area contributed by atoms with E-state index in [9.17, 15) is 14.4 Å². The van der Waals surface area contributed by atoms with Gasteiger partial charge < -0.3 is 24.7 Å². The number of rotatable bonds is 10. The monoisotopic (exact) mass is 475 g/mol. The summed E-state index contributed by atoms with van der Waals surface area (Å²) < 4.78 is 20.3. The highest BCUT2D eigenvalue weighted by Gasteiger charge is 2.11. The summed E-state index contributed by atoms with van der Waals surface area (Å²) in [5.74, 6) is -0.418. The van der Waals surface area contributed by atoms with Crippen molar-refractivity contribution in [3.8, 4) is 22.6 Å². The Balaban J connectivity index is 1.43. The fourth-order valence-electron chi connectivity index (χ4n) is 2.93. The molecule has 0 spiro atoms. The van der Waals surface area contributed by atoms with Crippen LogP contribution in [0.3, 0.4) is 0 Å². The van der Waals surface area contributed by atoms with E-state index in [2.05, 4.69) is 6.58 Å². The molecule has 35 heavy (non-hydrogen) atoms. The third-order valence-corrected chi connectivity index (χ3v) is 4.77. The molecule has 3 aromatic carbocycles. The first-order chi connectivity index (χ1) is 16.9. The lowest BCUT2D eigenvalue weighted by atomic mass is 10.1. The lowest BCUT2D eigenvalue weighted by Crippen LogP contribution is -2.12. The van der Waals surface area contributed by atoms with Gasteiger partial charge >= 0.3 is 18.1 Å². The van der Waals surface area contributed by atoms with Gasteiger partial charge in [-0.05, 0) is 72.5 Å². The summed E-state index contributed by atoms with van der Waals surface area (Å²) in [6.45, 7) is 3.63. The van der Waals surface area contributed by atoms with Gasteiger partial charge in [0.15, 0.2) is 0 Å². The van der Waals surface area contributed by atoms with Crippen LogP contribution in [0.4, 0.5) is 10.5 Å². The van der Waals surface area contributed by atoms with Crippen molar-refractivity contribution in [3.63, 3.8) is 0 Å². The minimum absolute atomic E-state index is 0.117. The minimum Gasteiger partial charge on any atom is -0.463 e. The summed E-state index contributed by atoms with van der Waals surface area (Å²) in [6.07, 6.45) is 1.25. The predicted molar refractivity (Wildman–Crippen MR) is 130 cm³/mol. The number of carbonyl (C=O) groups excluding carboxylic acids is 3. The molecule has 0 unspecified atom stereocenters. The topological polar surface area (TPSA) is 114 Å². The van der Waals surface area contributed by atoms with Crippen LogP contribution in [-0.2, 0) is 14.3 Å². The molecule has 2 N–H and O–H groups in total. The van der Waals surface area contributed by atoms with Crippen molar-refractivity contribution in [3.05, 3.63) is 91.0 Å². The van der Waals surface area contributed by atoms with E-state index >= 15 is 0 Å². The van der Waals surface area contributed by atoms with Crippen LogP contribution in [0.15, 0.2) is 85.5 Å². The molecule has 0 atom stereocenters. The van der Waals surface area contributed by atoms with E-state index in [1.165, 1.54) is 24.3 Å². The summed E-state index contributed by atoms with van der Waals surface area (Å²) in [4.78, 5) is 35.1. The number of hydrogen-bond donors (Lipinski definition) is 1. The van der Waals surface area contributed by atoms with Gasteiger partial charge in [0.2, 0.25) is 0 Å². The van der Waals surface area contributed by atoms with Crippen LogP contribution in [0.25, 0.3) is 11.1 Å². The van der Waals surface area contributed by atoms with Crippen molar-refractivity contribution >= 4 is 23.8 Å². The van der Waals surface area contributed by atoms with Crippen LogP contribution in [0, 0.1) is 0 Å². The van der Waals surface area contributed by atoms with Crippen molar-refractivity contribution in [2.45, 2.75) is 12.8 Å². The summed E-state index contributed by atoms with van der Waals surface area (Å²) in [5.41, 5.74) is 8.66. The maximum atomic E-state index is 12.4. The maximum Gasteiger partial charge on any atom is 0.513 e. The average molecular weight is 475 g/mol. The first-order valence-electron chi connectivity index (χ1n) is 10.9. The fourth-order valence-corrected chi connectivity index (χ4v) is 2.93. The van der Waals surface area contributed by atoms with E-state index in [0.29, 0.717) is 29.8 Å². The highest BCUT2D eigenvalue weighted by atomic mass is 16.7. The third kappa shape index (κ3) is 8.04. The van der Waals surface area contributed by atoms with Crippen LogP contribution < -0.4 is 15.2 Å². The second-order valence-corrected chi connectivity index (χ2v) is 7.34. The van der Waals surface area contributed by atoms with E-state index in [0.717, 1.165) is 17.2 Å². The Kier molecular flexibility index (Phi) is 9.01. The molecular formula is C27H25NO7. The number of ether oxygens (including phenoxy) is 4. The van der Waals surface area contributed by atoms with Gasteiger partial charge in [0.1, 0.15) is 11.5 Å². The van der Waals surface area contributed by atoms with Crippen LogP contribution in [0.2, 0.25) is 0 Å². The van der Waals surface area contributed by atoms with E-state index in [4.69, 9.17) is 24.7 Å². The molecule has 0 bridgehead atoms. The average Bonchev–Trinajstić information content (AvgIpc) is 2.87. The zero-order valence-corrected chi connectivity index (χ0v) is 19.0. The SMILES string of the molecule is C=CC(=O)OCCCCOC(=O)Oc1ccc(C(=O)Oc2ccc(-c3ccc(N)cc3)cc2)cc1. The highest BCUT2D eigenvalue weighted by molar-refractivity contribution is 5.91. The van der Waals surface area contributed by atoms with Gasteiger partial charge in [0.05, 0.1) is 18.8 Å². The number of unbranched alkanes of at least 4 members (excludes halogenated alkanes) is 1. The molecule has 0 aliphatic heterocycles. The Morgan fingerprint density at radius 2 is 1.23 bits per heavy atom. The third-order valence-electron chi connectivity index (χ3n) is 4.77. The van der Waals surface area contributed by atoms with Gasteiger partial charge in [-0.2, -0.15) is 0 Å². The Labute approximate surface area is 202 Å². The number of carbonyl (C=O) groups is 3. The summed E-state index contributed by atoms with van der Waals surface area (Å²) in [7, 11) is 0. The van der Waals surface area contributed by atoms with Crippen molar-refractivity contribution < 1.29 is 33.3 Å². The number of esters is 2. The van der Waals surface area contributed by atoms with Gasteiger partial charge in [-0.15, -0.1) is 0 Å². The van der Waals surface area contributed by atoms with Crippen LogP contribution in [0.5, 0.6) is 11.5 Å². The lowest BCUT2D eigenvalue weighted by molar-refractivity contribution is -0.137. The molecule has 0 heterocycles. The first kappa shape index (κ1) is 25.0. The molecule has 8 heteroatoms. The Morgan fingerprint density at radius 3 is 1.83 bits per heavy atom. The molecule has 0 fully saturated rings. The Hall–Kier alpha value is -4.59. The van der Waals surface area contributed by atoms with Gasteiger partial charge in [-0.3, -0.25) is 0 Å². The molecule has 3 aromatic rings. The molecule has 8 nitrogen and oxygen atoms in total. The van der Waals surface area contributed by atoms with Crippen molar-refractivity contribution in [2.24, 2.45) is 0 Å². The predicted octanol–water partition coefficient (Wildman–Crippen LogP) is 5.18. The fraction of sp³-hybridized carbons (Fsp3) is 0.148. The van der Waals surface area contributed by atoms with Crippen molar-refractivity contribution in [2.75, 3.05) is 18.9 Å². The number of hydrogen-bond acceptors (Lipinski definition) is 8. The minimum atomic E-state index is -0.871. The molecule has 0 aliphatic rings. The van der Waals surface area contributed by atoms with E-state index in [1.807, 2.05) is 36.4 Å². The summed E-state index contributed by atoms with van der Waals surface area (Å²) in [6, 6.07) is 20.5. The van der Waals surface area contributed by atoms with Gasteiger partial charge in [0, 0.05) is 11.8 Å². The van der Waals surface area contributed by atoms with E-state index in [1.54, 1.807) is 12.1 Å². The van der Waals surface area contributed by atoms with E-state index < -0.39 is 18.1 Å². The molecule has 3 rings (SSSR count).